The van der Waals surface area contributed by atoms with E-state index >= 15 is 0 Å². The Kier molecular flexibility index (Phi) is 6.12. The van der Waals surface area contributed by atoms with Crippen molar-refractivity contribution >= 4 is 29.6 Å². The number of hydrogen-bond donors (Lipinski definition) is 2. The van der Waals surface area contributed by atoms with Crippen LogP contribution in [-0.2, 0) is 19.1 Å². The Hall–Kier alpha value is -4.14. The summed E-state index contributed by atoms with van der Waals surface area (Å²) in [6.45, 7) is 3.37. The van der Waals surface area contributed by atoms with Crippen molar-refractivity contribution < 1.29 is 28.7 Å². The maximum atomic E-state index is 12.9. The number of hydrogen-bond acceptors (Lipinski definition) is 6. The summed E-state index contributed by atoms with van der Waals surface area (Å²) in [6, 6.07) is 12.7. The highest BCUT2D eigenvalue weighted by Gasteiger charge is 2.42. The van der Waals surface area contributed by atoms with E-state index in [1.807, 2.05) is 31.2 Å². The minimum Gasteiger partial charge on any atom is -0.462 e. The molecule has 0 radical (unpaired) electrons. The first kappa shape index (κ1) is 22.1. The van der Waals surface area contributed by atoms with Gasteiger partial charge < -0.3 is 20.1 Å². The number of carbonyl (C=O) groups is 4. The van der Waals surface area contributed by atoms with Gasteiger partial charge >= 0.3 is 18.0 Å². The van der Waals surface area contributed by atoms with Crippen molar-refractivity contribution in [2.45, 2.75) is 19.9 Å². The maximum Gasteiger partial charge on any atom is 0.340 e. The summed E-state index contributed by atoms with van der Waals surface area (Å²) < 4.78 is 10.2. The third-order valence-corrected chi connectivity index (χ3v) is 5.41. The number of ether oxygens (including phenoxy) is 2. The Bertz CT molecular complexity index is 1160. The van der Waals surface area contributed by atoms with Gasteiger partial charge in [-0.1, -0.05) is 42.0 Å². The van der Waals surface area contributed by atoms with Gasteiger partial charge in [0.25, 0.3) is 0 Å². The molecule has 0 spiro atoms. The molecular weight excluding hydrogens is 426 g/mol. The molecule has 4 rings (SSSR count). The number of amides is 3. The first-order chi connectivity index (χ1) is 15.9. The van der Waals surface area contributed by atoms with Crippen molar-refractivity contribution in [3.05, 3.63) is 76.5 Å². The fourth-order valence-corrected chi connectivity index (χ4v) is 3.80. The average molecular weight is 449 g/mol. The van der Waals surface area contributed by atoms with E-state index < -0.39 is 29.9 Å². The number of urea groups is 1. The molecule has 0 bridgehead atoms. The van der Waals surface area contributed by atoms with Crippen LogP contribution in [0.3, 0.4) is 0 Å². The van der Waals surface area contributed by atoms with Crippen molar-refractivity contribution in [3.63, 3.8) is 0 Å². The van der Waals surface area contributed by atoms with Crippen LogP contribution in [0.1, 0.15) is 34.5 Å². The second-order valence-electron chi connectivity index (χ2n) is 7.63. The number of rotatable bonds is 6. The van der Waals surface area contributed by atoms with Crippen molar-refractivity contribution in [2.75, 3.05) is 25.1 Å². The molecule has 33 heavy (non-hydrogen) atoms. The van der Waals surface area contributed by atoms with Crippen LogP contribution in [0.5, 0.6) is 0 Å². The van der Waals surface area contributed by atoms with Crippen LogP contribution < -0.4 is 10.6 Å². The highest BCUT2D eigenvalue weighted by molar-refractivity contribution is 6.03. The van der Waals surface area contributed by atoms with Crippen LogP contribution in [0, 0.1) is 6.92 Å². The predicted molar refractivity (Wildman–Crippen MR) is 118 cm³/mol. The first-order valence-electron chi connectivity index (χ1n) is 10.5. The van der Waals surface area contributed by atoms with Crippen LogP contribution >= 0.6 is 0 Å². The topological polar surface area (TPSA) is 114 Å². The molecule has 2 N–H and O–H groups in total. The standard InChI is InChI=1S/C24H23N3O6/c1-3-32-22(29)16-6-4-5-7-17(16)25-19(28)12-27-18-13-33-23(30)20(18)21(26-24(27)31)15-10-8-14(2)9-11-15/h4-11,21H,3,12-13H2,1-2H3,(H,25,28)(H,26,31)/t21-/m1/s1. The molecule has 2 aliphatic rings. The summed E-state index contributed by atoms with van der Waals surface area (Å²) in [6.07, 6.45) is 0. The molecular formula is C24H23N3O6. The summed E-state index contributed by atoms with van der Waals surface area (Å²) in [5, 5.41) is 5.44. The lowest BCUT2D eigenvalue weighted by molar-refractivity contribution is -0.136. The van der Waals surface area contributed by atoms with Gasteiger partial charge in [-0.15, -0.1) is 0 Å². The minimum atomic E-state index is -0.660. The van der Waals surface area contributed by atoms with Gasteiger partial charge in [0.1, 0.15) is 13.2 Å². The largest absolute Gasteiger partial charge is 0.462 e. The smallest absolute Gasteiger partial charge is 0.340 e. The summed E-state index contributed by atoms with van der Waals surface area (Å²) in [5.74, 6) is -1.64. The number of benzene rings is 2. The van der Waals surface area contributed by atoms with E-state index in [1.165, 1.54) is 11.0 Å². The second kappa shape index (κ2) is 9.15. The number of aryl methyl sites for hydroxylation is 1. The van der Waals surface area contributed by atoms with Crippen LogP contribution in [0.4, 0.5) is 10.5 Å². The number of nitrogens with one attached hydrogen (secondary N) is 2. The number of anilines is 1. The highest BCUT2D eigenvalue weighted by atomic mass is 16.5. The van der Waals surface area contributed by atoms with Crippen LogP contribution in [0.25, 0.3) is 0 Å². The summed E-state index contributed by atoms with van der Waals surface area (Å²) >= 11 is 0. The first-order valence-corrected chi connectivity index (χ1v) is 10.5. The van der Waals surface area contributed by atoms with Crippen molar-refractivity contribution in [3.8, 4) is 0 Å². The van der Waals surface area contributed by atoms with E-state index in [4.69, 9.17) is 9.47 Å². The van der Waals surface area contributed by atoms with Gasteiger partial charge in [-0.2, -0.15) is 0 Å². The van der Waals surface area contributed by atoms with E-state index in [2.05, 4.69) is 10.6 Å². The fourth-order valence-electron chi connectivity index (χ4n) is 3.80. The zero-order valence-electron chi connectivity index (χ0n) is 18.2. The molecule has 3 amide bonds. The van der Waals surface area contributed by atoms with Gasteiger partial charge in [-0.05, 0) is 31.5 Å². The number of carbonyl (C=O) groups excluding carboxylic acids is 4. The maximum absolute atomic E-state index is 12.9. The van der Waals surface area contributed by atoms with Gasteiger partial charge in [-0.25, -0.2) is 14.4 Å². The normalized spacial score (nSPS) is 17.3. The molecule has 2 aromatic rings. The summed E-state index contributed by atoms with van der Waals surface area (Å²) in [7, 11) is 0. The third-order valence-electron chi connectivity index (χ3n) is 5.41. The molecule has 0 aromatic heterocycles. The number of cyclic esters (lactones) is 1. The number of nitrogens with zero attached hydrogens (tertiary/aromatic N) is 1. The number of para-hydroxylation sites is 1. The number of esters is 2. The molecule has 2 heterocycles. The Labute approximate surface area is 190 Å². The quantitative estimate of drug-likeness (QED) is 0.656. The molecule has 170 valence electrons. The third kappa shape index (κ3) is 4.43. The van der Waals surface area contributed by atoms with E-state index in [0.717, 1.165) is 11.1 Å². The van der Waals surface area contributed by atoms with Gasteiger partial charge in [0.2, 0.25) is 5.91 Å². The van der Waals surface area contributed by atoms with E-state index in [0.29, 0.717) is 11.3 Å². The van der Waals surface area contributed by atoms with Crippen molar-refractivity contribution in [2.24, 2.45) is 0 Å². The molecule has 9 heteroatoms. The summed E-state index contributed by atoms with van der Waals surface area (Å²) in [5.41, 5.74) is 2.91. The molecule has 0 saturated carbocycles. The molecule has 0 saturated heterocycles. The molecule has 0 unspecified atom stereocenters. The van der Waals surface area contributed by atoms with E-state index in [9.17, 15) is 19.2 Å². The molecule has 0 aliphatic carbocycles. The average Bonchev–Trinajstić information content (AvgIpc) is 3.18. The lowest BCUT2D eigenvalue weighted by atomic mass is 9.95. The van der Waals surface area contributed by atoms with Crippen molar-refractivity contribution in [1.82, 2.24) is 10.2 Å². The van der Waals surface area contributed by atoms with Crippen molar-refractivity contribution in [1.29, 1.82) is 0 Å². The van der Waals surface area contributed by atoms with Gasteiger partial charge in [-0.3, -0.25) is 9.69 Å². The molecule has 2 aliphatic heterocycles. The van der Waals surface area contributed by atoms with Crippen LogP contribution in [0.15, 0.2) is 59.8 Å². The SMILES string of the molecule is CCOC(=O)c1ccccc1NC(=O)CN1C(=O)N[C@H](c2ccc(C)cc2)C2=C1COC2=O. The van der Waals surface area contributed by atoms with E-state index in [1.54, 1.807) is 25.1 Å². The zero-order chi connectivity index (χ0) is 23.5. The molecule has 1 atom stereocenters. The van der Waals surface area contributed by atoms with Gasteiger partial charge in [0, 0.05) is 0 Å². The Morgan fingerprint density at radius 1 is 1.15 bits per heavy atom. The summed E-state index contributed by atoms with van der Waals surface area (Å²) in [4.78, 5) is 51.5. The lowest BCUT2D eigenvalue weighted by Crippen LogP contribution is -2.49. The monoisotopic (exact) mass is 449 g/mol. The molecule has 9 nitrogen and oxygen atoms in total. The minimum absolute atomic E-state index is 0.101. The van der Waals surface area contributed by atoms with E-state index in [-0.39, 0.29) is 31.0 Å². The Morgan fingerprint density at radius 2 is 1.88 bits per heavy atom. The fraction of sp³-hybridized carbons (Fsp3) is 0.250. The van der Waals surface area contributed by atoms with Gasteiger partial charge in [0.05, 0.1) is 35.2 Å². The van der Waals surface area contributed by atoms with Crippen LogP contribution in [0.2, 0.25) is 0 Å². The zero-order valence-corrected chi connectivity index (χ0v) is 18.2. The second-order valence-corrected chi connectivity index (χ2v) is 7.63. The highest BCUT2D eigenvalue weighted by Crippen LogP contribution is 2.35. The Balaban J connectivity index is 1.57. The Morgan fingerprint density at radius 3 is 2.61 bits per heavy atom. The molecule has 2 aromatic carbocycles. The lowest BCUT2D eigenvalue weighted by Gasteiger charge is -2.32. The van der Waals surface area contributed by atoms with Gasteiger partial charge in [0.15, 0.2) is 0 Å². The predicted octanol–water partition coefficient (Wildman–Crippen LogP) is 2.69. The van der Waals surface area contributed by atoms with Crippen LogP contribution in [-0.4, -0.2) is 48.5 Å². The molecule has 0 fully saturated rings.